The van der Waals surface area contributed by atoms with Crippen LogP contribution in [0.5, 0.6) is 0 Å². The summed E-state index contributed by atoms with van der Waals surface area (Å²) in [7, 11) is -1.27. The zero-order valence-corrected chi connectivity index (χ0v) is 25.8. The van der Waals surface area contributed by atoms with Crippen LogP contribution in [0.2, 0.25) is 10.0 Å². The molecule has 0 aliphatic rings. The van der Waals surface area contributed by atoms with E-state index >= 15 is 0 Å². The lowest BCUT2D eigenvalue weighted by Gasteiger charge is -2.34. The van der Waals surface area contributed by atoms with Gasteiger partial charge in [0, 0.05) is 49.2 Å². The van der Waals surface area contributed by atoms with Crippen LogP contribution in [0.1, 0.15) is 30.9 Å². The van der Waals surface area contributed by atoms with Gasteiger partial charge in [0.05, 0.1) is 5.69 Å². The van der Waals surface area contributed by atoms with Gasteiger partial charge in [0.2, 0.25) is 11.8 Å². The first-order valence-electron chi connectivity index (χ1n) is 13.4. The minimum Gasteiger partial charge on any atom is -0.354 e. The van der Waals surface area contributed by atoms with Crippen molar-refractivity contribution in [2.75, 3.05) is 31.5 Å². The fourth-order valence-corrected chi connectivity index (χ4v) is 5.80. The smallest absolute Gasteiger partial charge is 0.304 e. The lowest BCUT2D eigenvalue weighted by Crippen LogP contribution is -2.54. The van der Waals surface area contributed by atoms with Gasteiger partial charge in [-0.15, -0.1) is 0 Å². The number of nitrogens with zero attached hydrogens (tertiary/aromatic N) is 3. The molecule has 2 amide bonds. The minimum atomic E-state index is -4.07. The maximum atomic E-state index is 14.2. The van der Waals surface area contributed by atoms with Gasteiger partial charge in [-0.25, -0.2) is 4.31 Å². The van der Waals surface area contributed by atoms with Crippen LogP contribution in [0.25, 0.3) is 0 Å². The zero-order chi connectivity index (χ0) is 30.0. The third-order valence-corrected chi connectivity index (χ3v) is 9.08. The van der Waals surface area contributed by atoms with Crippen LogP contribution in [0.3, 0.4) is 0 Å². The van der Waals surface area contributed by atoms with Crippen LogP contribution in [-0.4, -0.2) is 62.7 Å². The number of nitrogens with one attached hydrogen (secondary N) is 1. The van der Waals surface area contributed by atoms with Gasteiger partial charge in [-0.05, 0) is 36.2 Å². The van der Waals surface area contributed by atoms with Gasteiger partial charge in [0.25, 0.3) is 0 Å². The summed E-state index contributed by atoms with van der Waals surface area (Å²) in [6, 6.07) is 21.8. The monoisotopic (exact) mass is 618 g/mol. The van der Waals surface area contributed by atoms with Crippen LogP contribution in [-0.2, 0) is 32.8 Å². The second kappa shape index (κ2) is 15.2. The summed E-state index contributed by atoms with van der Waals surface area (Å²) in [5.74, 6) is -0.928. The molecule has 1 atom stereocenters. The Morgan fingerprint density at radius 1 is 0.878 bits per heavy atom. The molecule has 0 fully saturated rings. The Labute approximate surface area is 253 Å². The second-order valence-corrected chi connectivity index (χ2v) is 12.6. The van der Waals surface area contributed by atoms with Gasteiger partial charge in [-0.1, -0.05) is 91.1 Å². The molecule has 0 bridgehead atoms. The molecule has 11 heteroatoms. The molecule has 0 heterocycles. The van der Waals surface area contributed by atoms with Gasteiger partial charge in [-0.2, -0.15) is 12.7 Å². The van der Waals surface area contributed by atoms with Crippen molar-refractivity contribution in [3.05, 3.63) is 100 Å². The van der Waals surface area contributed by atoms with Gasteiger partial charge in [-0.3, -0.25) is 9.59 Å². The number of amides is 2. The predicted molar refractivity (Wildman–Crippen MR) is 165 cm³/mol. The average molecular weight is 620 g/mol. The van der Waals surface area contributed by atoms with E-state index in [1.807, 2.05) is 37.3 Å². The number of carbonyl (C=O) groups excluding carboxylic acids is 2. The molecule has 0 saturated heterocycles. The number of hydrogen-bond acceptors (Lipinski definition) is 4. The molecule has 0 unspecified atom stereocenters. The molecule has 0 aliphatic heterocycles. The molecular weight excluding hydrogens is 583 g/mol. The van der Waals surface area contributed by atoms with E-state index in [4.69, 9.17) is 23.2 Å². The van der Waals surface area contributed by atoms with Gasteiger partial charge in [0.1, 0.15) is 12.6 Å². The molecular formula is C30H36Cl2N4O4S. The molecule has 3 aromatic rings. The number of rotatable bonds is 14. The number of benzene rings is 3. The number of unbranched alkanes of at least 4 members (excludes halogenated alkanes) is 1. The molecule has 41 heavy (non-hydrogen) atoms. The number of halogens is 2. The fraction of sp³-hybridized carbons (Fsp3) is 0.333. The summed E-state index contributed by atoms with van der Waals surface area (Å²) in [6.45, 7) is 1.83. The van der Waals surface area contributed by atoms with E-state index < -0.39 is 28.7 Å². The van der Waals surface area contributed by atoms with E-state index in [0.717, 1.165) is 27.0 Å². The van der Waals surface area contributed by atoms with E-state index in [0.29, 0.717) is 27.8 Å². The van der Waals surface area contributed by atoms with Crippen LogP contribution in [0.4, 0.5) is 5.69 Å². The molecule has 3 aromatic carbocycles. The van der Waals surface area contributed by atoms with Crippen molar-refractivity contribution >= 4 is 50.9 Å². The van der Waals surface area contributed by atoms with E-state index in [1.54, 1.807) is 48.5 Å². The largest absolute Gasteiger partial charge is 0.354 e. The van der Waals surface area contributed by atoms with Gasteiger partial charge >= 0.3 is 10.2 Å². The molecule has 0 aromatic heterocycles. The third kappa shape index (κ3) is 8.69. The first-order valence-corrected chi connectivity index (χ1v) is 15.5. The Kier molecular flexibility index (Phi) is 12.0. The highest BCUT2D eigenvalue weighted by Crippen LogP contribution is 2.28. The van der Waals surface area contributed by atoms with E-state index in [1.165, 1.54) is 19.0 Å². The van der Waals surface area contributed by atoms with E-state index in [-0.39, 0.29) is 18.9 Å². The van der Waals surface area contributed by atoms with Crippen molar-refractivity contribution in [2.45, 2.75) is 38.8 Å². The number of para-hydroxylation sites is 1. The van der Waals surface area contributed by atoms with E-state index in [9.17, 15) is 18.0 Å². The Morgan fingerprint density at radius 3 is 2.02 bits per heavy atom. The lowest BCUT2D eigenvalue weighted by molar-refractivity contribution is -0.140. The maximum Gasteiger partial charge on any atom is 0.304 e. The average Bonchev–Trinajstić information content (AvgIpc) is 2.95. The molecule has 8 nitrogen and oxygen atoms in total. The highest BCUT2D eigenvalue weighted by molar-refractivity contribution is 7.90. The quantitative estimate of drug-likeness (QED) is 0.253. The Balaban J connectivity index is 2.10. The zero-order valence-electron chi connectivity index (χ0n) is 23.5. The highest BCUT2D eigenvalue weighted by Gasteiger charge is 2.35. The predicted octanol–water partition coefficient (Wildman–Crippen LogP) is 5.16. The standard InChI is InChI=1S/C30H36Cl2N4O4S/c1-4-5-19-33-30(38)28(20-23-13-8-6-9-14-23)35(21-25-26(31)17-12-18-27(25)32)29(37)22-36(41(39,40)34(2)3)24-15-10-7-11-16-24/h6-18,28H,4-5,19-22H2,1-3H3,(H,33,38)/t28-/m0/s1. The summed E-state index contributed by atoms with van der Waals surface area (Å²) in [6.07, 6.45) is 1.87. The summed E-state index contributed by atoms with van der Waals surface area (Å²) >= 11 is 13.0. The molecule has 0 saturated carbocycles. The Bertz CT molecular complexity index is 1390. The molecule has 0 aliphatic carbocycles. The van der Waals surface area contributed by atoms with Crippen molar-refractivity contribution in [3.8, 4) is 0 Å². The first-order chi connectivity index (χ1) is 19.6. The molecule has 220 valence electrons. The number of hydrogen-bond donors (Lipinski definition) is 1. The van der Waals surface area contributed by atoms with Gasteiger partial charge in [0.15, 0.2) is 0 Å². The lowest BCUT2D eigenvalue weighted by atomic mass is 10.0. The summed E-state index contributed by atoms with van der Waals surface area (Å²) in [5.41, 5.74) is 1.62. The highest BCUT2D eigenvalue weighted by atomic mass is 35.5. The topological polar surface area (TPSA) is 90.0 Å². The number of carbonyl (C=O) groups is 2. The van der Waals surface area contributed by atoms with Crippen LogP contribution in [0.15, 0.2) is 78.9 Å². The normalized spacial score (nSPS) is 12.1. The molecule has 0 spiro atoms. The fourth-order valence-electron chi connectivity index (χ4n) is 4.22. The SMILES string of the molecule is CCCCNC(=O)[C@H](Cc1ccccc1)N(Cc1c(Cl)cccc1Cl)C(=O)CN(c1ccccc1)S(=O)(=O)N(C)C. The summed E-state index contributed by atoms with van der Waals surface area (Å²) < 4.78 is 28.8. The molecule has 1 N–H and O–H groups in total. The van der Waals surface area contributed by atoms with Crippen LogP contribution < -0.4 is 9.62 Å². The van der Waals surface area contributed by atoms with Crippen molar-refractivity contribution in [1.82, 2.24) is 14.5 Å². The van der Waals surface area contributed by atoms with Crippen molar-refractivity contribution in [1.29, 1.82) is 0 Å². The van der Waals surface area contributed by atoms with Crippen molar-refractivity contribution in [3.63, 3.8) is 0 Å². The Morgan fingerprint density at radius 2 is 1.46 bits per heavy atom. The number of anilines is 1. The second-order valence-electron chi connectivity index (χ2n) is 9.70. The minimum absolute atomic E-state index is 0.0965. The molecule has 0 radical (unpaired) electrons. The first kappa shape index (κ1) is 32.4. The van der Waals surface area contributed by atoms with Crippen molar-refractivity contribution in [2.24, 2.45) is 0 Å². The maximum absolute atomic E-state index is 14.2. The molecule has 3 rings (SSSR count). The Hall–Kier alpha value is -3.11. The van der Waals surface area contributed by atoms with Crippen molar-refractivity contribution < 1.29 is 18.0 Å². The van der Waals surface area contributed by atoms with Crippen LogP contribution >= 0.6 is 23.2 Å². The van der Waals surface area contributed by atoms with Crippen LogP contribution in [0, 0.1) is 0 Å². The van der Waals surface area contributed by atoms with Gasteiger partial charge < -0.3 is 10.2 Å². The summed E-state index contributed by atoms with van der Waals surface area (Å²) in [5, 5.41) is 3.62. The third-order valence-electron chi connectivity index (χ3n) is 6.55. The van der Waals surface area contributed by atoms with E-state index in [2.05, 4.69) is 5.32 Å². The summed E-state index contributed by atoms with van der Waals surface area (Å²) in [4.78, 5) is 29.3.